The van der Waals surface area contributed by atoms with Crippen LogP contribution in [0.25, 0.3) is 22.5 Å². The first kappa shape index (κ1) is 18.0. The third-order valence-electron chi connectivity index (χ3n) is 4.03. The third kappa shape index (κ3) is 4.29. The van der Waals surface area contributed by atoms with Gasteiger partial charge in [-0.2, -0.15) is 5.10 Å². The fourth-order valence-electron chi connectivity index (χ4n) is 2.67. The molecule has 0 unspecified atom stereocenters. The number of hydrazone groups is 1. The molecule has 0 amide bonds. The Morgan fingerprint density at radius 3 is 1.96 bits per heavy atom. The molecular weight excluding hydrogens is 414 g/mol. The average Bonchev–Trinajstić information content (AvgIpc) is 2.76. The summed E-state index contributed by atoms with van der Waals surface area (Å²) in [4.78, 5) is 4.66. The fraction of sp³-hybridized carbons (Fsp3) is 0. The molecule has 4 aromatic rings. The Morgan fingerprint density at radius 1 is 0.714 bits per heavy atom. The number of benzene rings is 3. The van der Waals surface area contributed by atoms with Gasteiger partial charge < -0.3 is 0 Å². The van der Waals surface area contributed by atoms with Gasteiger partial charge >= 0.3 is 0 Å². The molecule has 136 valence electrons. The summed E-state index contributed by atoms with van der Waals surface area (Å²) in [5.41, 5.74) is 7.25. The van der Waals surface area contributed by atoms with Gasteiger partial charge in [-0.3, -0.25) is 0 Å². The SMILES string of the molecule is Brc1ccc(/C=N\Nc2nnc(-c3ccccc3)c(-c3ccccc3)n2)cc1. The first-order chi connectivity index (χ1) is 13.8. The molecule has 0 atom stereocenters. The summed E-state index contributed by atoms with van der Waals surface area (Å²) < 4.78 is 1.02. The molecule has 4 rings (SSSR count). The summed E-state index contributed by atoms with van der Waals surface area (Å²) in [7, 11) is 0. The minimum Gasteiger partial charge on any atom is -0.244 e. The predicted molar refractivity (Wildman–Crippen MR) is 116 cm³/mol. The zero-order valence-electron chi connectivity index (χ0n) is 14.8. The maximum absolute atomic E-state index is 4.66. The summed E-state index contributed by atoms with van der Waals surface area (Å²) in [5.74, 6) is 0.340. The minimum atomic E-state index is 0.340. The molecule has 0 aliphatic rings. The highest BCUT2D eigenvalue weighted by Gasteiger charge is 2.13. The van der Waals surface area contributed by atoms with Crippen LogP contribution in [-0.2, 0) is 0 Å². The molecule has 0 aliphatic carbocycles. The Kier molecular flexibility index (Phi) is 5.49. The molecule has 0 radical (unpaired) electrons. The van der Waals surface area contributed by atoms with E-state index in [0.717, 1.165) is 32.6 Å². The van der Waals surface area contributed by atoms with Crippen molar-refractivity contribution in [3.63, 3.8) is 0 Å². The van der Waals surface area contributed by atoms with Gasteiger partial charge in [0.25, 0.3) is 5.95 Å². The fourth-order valence-corrected chi connectivity index (χ4v) is 2.94. The Bertz CT molecular complexity index is 1080. The van der Waals surface area contributed by atoms with Crippen molar-refractivity contribution < 1.29 is 0 Å². The zero-order chi connectivity index (χ0) is 19.2. The normalized spacial score (nSPS) is 10.9. The van der Waals surface area contributed by atoms with E-state index in [2.05, 4.69) is 41.6 Å². The standard InChI is InChI=1S/C22H16BrN5/c23-19-13-11-16(12-14-19)15-24-27-22-25-20(17-7-3-1-4-8-17)21(26-28-22)18-9-5-2-6-10-18/h1-15H,(H,25,27,28)/b24-15-. The smallest absolute Gasteiger partial charge is 0.244 e. The van der Waals surface area contributed by atoms with Crippen LogP contribution >= 0.6 is 15.9 Å². The molecule has 0 fully saturated rings. The van der Waals surface area contributed by atoms with Gasteiger partial charge in [0.1, 0.15) is 11.4 Å². The average molecular weight is 430 g/mol. The maximum Gasteiger partial charge on any atom is 0.263 e. The summed E-state index contributed by atoms with van der Waals surface area (Å²) >= 11 is 3.42. The number of anilines is 1. The van der Waals surface area contributed by atoms with E-state index in [1.54, 1.807) is 6.21 Å². The van der Waals surface area contributed by atoms with Gasteiger partial charge in [-0.05, 0) is 17.7 Å². The predicted octanol–water partition coefficient (Wildman–Crippen LogP) is 5.41. The van der Waals surface area contributed by atoms with E-state index in [0.29, 0.717) is 5.95 Å². The Hall–Kier alpha value is -3.38. The van der Waals surface area contributed by atoms with Crippen LogP contribution in [0.3, 0.4) is 0 Å². The van der Waals surface area contributed by atoms with Crippen molar-refractivity contribution in [1.29, 1.82) is 0 Å². The van der Waals surface area contributed by atoms with E-state index in [4.69, 9.17) is 0 Å². The first-order valence-corrected chi connectivity index (χ1v) is 9.49. The van der Waals surface area contributed by atoms with Crippen molar-refractivity contribution in [2.45, 2.75) is 0 Å². The van der Waals surface area contributed by atoms with Crippen LogP contribution in [0.15, 0.2) is 94.5 Å². The zero-order valence-corrected chi connectivity index (χ0v) is 16.4. The molecule has 28 heavy (non-hydrogen) atoms. The summed E-state index contributed by atoms with van der Waals surface area (Å²) in [6, 6.07) is 27.7. The molecule has 0 spiro atoms. The topological polar surface area (TPSA) is 63.1 Å². The lowest BCUT2D eigenvalue weighted by Gasteiger charge is -2.09. The third-order valence-corrected chi connectivity index (χ3v) is 4.56. The molecule has 6 heteroatoms. The number of hydrogen-bond donors (Lipinski definition) is 1. The number of halogens is 1. The number of hydrogen-bond acceptors (Lipinski definition) is 5. The molecule has 1 N–H and O–H groups in total. The van der Waals surface area contributed by atoms with Crippen molar-refractivity contribution in [3.8, 4) is 22.5 Å². The van der Waals surface area contributed by atoms with E-state index in [-0.39, 0.29) is 0 Å². The second-order valence-corrected chi connectivity index (χ2v) is 6.90. The van der Waals surface area contributed by atoms with Crippen molar-refractivity contribution in [3.05, 3.63) is 95.0 Å². The summed E-state index contributed by atoms with van der Waals surface area (Å²) in [6.45, 7) is 0. The van der Waals surface area contributed by atoms with Crippen molar-refractivity contribution in [1.82, 2.24) is 15.2 Å². The van der Waals surface area contributed by atoms with Crippen molar-refractivity contribution in [2.75, 3.05) is 5.43 Å². The molecular formula is C22H16BrN5. The second kappa shape index (κ2) is 8.54. The number of aromatic nitrogens is 3. The van der Waals surface area contributed by atoms with Crippen LogP contribution in [0.5, 0.6) is 0 Å². The van der Waals surface area contributed by atoms with Crippen molar-refractivity contribution in [2.24, 2.45) is 5.10 Å². The second-order valence-electron chi connectivity index (χ2n) is 5.99. The quantitative estimate of drug-likeness (QED) is 0.340. The molecule has 0 bridgehead atoms. The Labute approximate surface area is 171 Å². The van der Waals surface area contributed by atoms with Gasteiger partial charge in [-0.1, -0.05) is 88.7 Å². The molecule has 0 aliphatic heterocycles. The Morgan fingerprint density at radius 2 is 1.32 bits per heavy atom. The van der Waals surface area contributed by atoms with Crippen LogP contribution in [0.2, 0.25) is 0 Å². The van der Waals surface area contributed by atoms with Crippen LogP contribution < -0.4 is 5.43 Å². The van der Waals surface area contributed by atoms with Crippen LogP contribution in [0.1, 0.15) is 5.56 Å². The molecule has 1 heterocycles. The number of nitrogens with one attached hydrogen (secondary N) is 1. The lowest BCUT2D eigenvalue weighted by Crippen LogP contribution is -2.03. The summed E-state index contributed by atoms with van der Waals surface area (Å²) in [6.07, 6.45) is 1.71. The van der Waals surface area contributed by atoms with Crippen LogP contribution in [0, 0.1) is 0 Å². The monoisotopic (exact) mass is 429 g/mol. The van der Waals surface area contributed by atoms with Gasteiger partial charge in [0.2, 0.25) is 0 Å². The molecule has 3 aromatic carbocycles. The number of nitrogens with zero attached hydrogens (tertiary/aromatic N) is 4. The minimum absolute atomic E-state index is 0.340. The van der Waals surface area contributed by atoms with Gasteiger partial charge in [0.05, 0.1) is 6.21 Å². The molecule has 5 nitrogen and oxygen atoms in total. The van der Waals surface area contributed by atoms with Gasteiger partial charge in [-0.15, -0.1) is 10.2 Å². The van der Waals surface area contributed by atoms with Crippen molar-refractivity contribution >= 4 is 28.1 Å². The molecule has 1 aromatic heterocycles. The van der Waals surface area contributed by atoms with E-state index in [1.165, 1.54) is 0 Å². The highest BCUT2D eigenvalue weighted by Crippen LogP contribution is 2.28. The van der Waals surface area contributed by atoms with Gasteiger partial charge in [-0.25, -0.2) is 10.4 Å². The van der Waals surface area contributed by atoms with Crippen LogP contribution in [-0.4, -0.2) is 21.4 Å². The van der Waals surface area contributed by atoms with E-state index in [1.807, 2.05) is 84.9 Å². The largest absolute Gasteiger partial charge is 0.263 e. The Balaban J connectivity index is 1.65. The first-order valence-electron chi connectivity index (χ1n) is 8.70. The van der Waals surface area contributed by atoms with Gasteiger partial charge in [0.15, 0.2) is 0 Å². The summed E-state index contributed by atoms with van der Waals surface area (Å²) in [5, 5.41) is 12.8. The van der Waals surface area contributed by atoms with E-state index < -0.39 is 0 Å². The van der Waals surface area contributed by atoms with E-state index >= 15 is 0 Å². The highest BCUT2D eigenvalue weighted by atomic mass is 79.9. The lowest BCUT2D eigenvalue weighted by molar-refractivity contribution is 0.973. The lowest BCUT2D eigenvalue weighted by atomic mass is 10.0. The van der Waals surface area contributed by atoms with E-state index in [9.17, 15) is 0 Å². The van der Waals surface area contributed by atoms with Gasteiger partial charge in [0, 0.05) is 15.6 Å². The molecule has 0 saturated heterocycles. The highest BCUT2D eigenvalue weighted by molar-refractivity contribution is 9.10. The number of rotatable bonds is 5. The maximum atomic E-state index is 4.66. The molecule has 0 saturated carbocycles. The van der Waals surface area contributed by atoms with Crippen LogP contribution in [0.4, 0.5) is 5.95 Å².